The average molecular weight is 397 g/mol. The van der Waals surface area contributed by atoms with Gasteiger partial charge in [-0.05, 0) is 53.1 Å². The highest BCUT2D eigenvalue weighted by Gasteiger charge is 2.42. The molecule has 0 atom stereocenters. The van der Waals surface area contributed by atoms with Gasteiger partial charge >= 0.3 is 0 Å². The maximum Gasteiger partial charge on any atom is 0.108 e. The first-order chi connectivity index (χ1) is 14.6. The zero-order valence-electron chi connectivity index (χ0n) is 18.1. The zero-order valence-corrected chi connectivity index (χ0v) is 18.1. The molecule has 154 valence electrons. The summed E-state index contributed by atoms with van der Waals surface area (Å²) in [5, 5.41) is 10.0. The average Bonchev–Trinajstić information content (AvgIpc) is 3.06. The van der Waals surface area contributed by atoms with E-state index in [4.69, 9.17) is 5.73 Å². The van der Waals surface area contributed by atoms with Crippen molar-refractivity contribution in [2.45, 2.75) is 44.9 Å². The molecule has 0 amide bonds. The molecule has 0 spiro atoms. The van der Waals surface area contributed by atoms with Crippen LogP contribution in [0.3, 0.4) is 0 Å². The Hall–Kier alpha value is -2.89. The summed E-state index contributed by atoms with van der Waals surface area (Å²) in [5.74, 6) is 0.688. The van der Waals surface area contributed by atoms with Crippen LogP contribution in [0, 0.1) is 17.2 Å². The largest absolute Gasteiger partial charge is 0.330 e. The quantitative estimate of drug-likeness (QED) is 0.517. The number of hydrogen-bond acceptors (Lipinski definition) is 2. The minimum Gasteiger partial charge on any atom is -0.330 e. The van der Waals surface area contributed by atoms with Crippen LogP contribution < -0.4 is 5.73 Å². The summed E-state index contributed by atoms with van der Waals surface area (Å²) in [5.41, 5.74) is 11.1. The van der Waals surface area contributed by atoms with Gasteiger partial charge in [-0.1, -0.05) is 106 Å². The molecule has 3 aromatic carbocycles. The topological polar surface area (TPSA) is 49.8 Å². The second-order valence-corrected chi connectivity index (χ2v) is 8.42. The van der Waals surface area contributed by atoms with Crippen LogP contribution in [0.15, 0.2) is 78.9 Å². The van der Waals surface area contributed by atoms with Crippen LogP contribution in [0.25, 0.3) is 11.1 Å². The smallest absolute Gasteiger partial charge is 0.108 e. The Balaban J connectivity index is 0.000000239. The fourth-order valence-corrected chi connectivity index (χ4v) is 4.36. The van der Waals surface area contributed by atoms with Gasteiger partial charge in [-0.25, -0.2) is 0 Å². The number of benzene rings is 3. The number of nitrogens with zero attached hydrogens (tertiary/aromatic N) is 1. The van der Waals surface area contributed by atoms with Crippen LogP contribution in [0.4, 0.5) is 0 Å². The normalized spacial score (nSPS) is 13.0. The molecule has 0 saturated carbocycles. The van der Waals surface area contributed by atoms with Crippen molar-refractivity contribution in [3.05, 3.63) is 95.6 Å². The van der Waals surface area contributed by atoms with Crippen molar-refractivity contribution in [2.75, 3.05) is 6.54 Å². The van der Waals surface area contributed by atoms with Crippen LogP contribution in [0.1, 0.15) is 49.8 Å². The SMILES string of the molecule is CC(C)CCCC1(C#N)c2ccccc2-c2ccccc21.NCCc1ccccc1. The fraction of sp³-hybridized carbons (Fsp3) is 0.321. The van der Waals surface area contributed by atoms with Gasteiger partial charge < -0.3 is 5.73 Å². The fourth-order valence-electron chi connectivity index (χ4n) is 4.36. The first kappa shape index (κ1) is 21.8. The lowest BCUT2D eigenvalue weighted by Crippen LogP contribution is -2.23. The molecule has 0 heterocycles. The Morgan fingerprint density at radius 1 is 0.833 bits per heavy atom. The van der Waals surface area contributed by atoms with Gasteiger partial charge in [0.05, 0.1) is 6.07 Å². The summed E-state index contributed by atoms with van der Waals surface area (Å²) in [6, 6.07) is 29.7. The van der Waals surface area contributed by atoms with E-state index in [0.717, 1.165) is 25.8 Å². The molecule has 0 radical (unpaired) electrons. The van der Waals surface area contributed by atoms with E-state index in [1.54, 1.807) is 0 Å². The maximum atomic E-state index is 10.0. The zero-order chi connectivity index (χ0) is 21.4. The van der Waals surface area contributed by atoms with Crippen LogP contribution in [-0.4, -0.2) is 6.54 Å². The molecule has 2 heteroatoms. The molecule has 1 aliphatic carbocycles. The molecular weight excluding hydrogens is 364 g/mol. The molecule has 0 aliphatic heterocycles. The summed E-state index contributed by atoms with van der Waals surface area (Å²) in [6.07, 6.45) is 4.16. The first-order valence-electron chi connectivity index (χ1n) is 11.0. The Morgan fingerprint density at radius 2 is 1.37 bits per heavy atom. The monoisotopic (exact) mass is 396 g/mol. The Bertz CT molecular complexity index is 937. The third-order valence-corrected chi connectivity index (χ3v) is 5.86. The molecule has 2 N–H and O–H groups in total. The molecular formula is C28H32N2. The predicted octanol–water partition coefficient (Wildman–Crippen LogP) is 6.49. The minimum atomic E-state index is -0.456. The van der Waals surface area contributed by atoms with Gasteiger partial charge in [-0.15, -0.1) is 0 Å². The van der Waals surface area contributed by atoms with E-state index in [1.807, 2.05) is 18.2 Å². The van der Waals surface area contributed by atoms with E-state index < -0.39 is 5.41 Å². The Kier molecular flexibility index (Phi) is 7.44. The van der Waals surface area contributed by atoms with E-state index in [-0.39, 0.29) is 0 Å². The lowest BCUT2D eigenvalue weighted by Gasteiger charge is -2.24. The van der Waals surface area contributed by atoms with Crippen LogP contribution in [-0.2, 0) is 11.8 Å². The van der Waals surface area contributed by atoms with Gasteiger partial charge in [0.25, 0.3) is 0 Å². The first-order valence-corrected chi connectivity index (χ1v) is 11.0. The van der Waals surface area contributed by atoms with Gasteiger partial charge in [-0.3, -0.25) is 0 Å². The highest BCUT2D eigenvalue weighted by Crippen LogP contribution is 2.51. The Morgan fingerprint density at radius 3 is 1.87 bits per heavy atom. The van der Waals surface area contributed by atoms with Crippen molar-refractivity contribution in [3.8, 4) is 17.2 Å². The van der Waals surface area contributed by atoms with Gasteiger partial charge in [-0.2, -0.15) is 5.26 Å². The van der Waals surface area contributed by atoms with E-state index in [9.17, 15) is 5.26 Å². The number of hydrogen-bond donors (Lipinski definition) is 1. The van der Waals surface area contributed by atoms with E-state index in [2.05, 4.69) is 80.6 Å². The standard InChI is InChI=1S/C20H21N.C8H11N/c1-15(2)8-7-13-20(14-21)18-11-5-3-9-16(18)17-10-4-6-12-19(17)20;9-7-6-8-4-2-1-3-5-8/h3-6,9-12,15H,7-8,13H2,1-2H3;1-5H,6-7,9H2. The summed E-state index contributed by atoms with van der Waals surface area (Å²) in [7, 11) is 0. The van der Waals surface area contributed by atoms with Crippen molar-refractivity contribution < 1.29 is 0 Å². The minimum absolute atomic E-state index is 0.456. The molecule has 3 aromatic rings. The van der Waals surface area contributed by atoms with Crippen LogP contribution >= 0.6 is 0 Å². The molecule has 0 fully saturated rings. The molecule has 4 rings (SSSR count). The van der Waals surface area contributed by atoms with E-state index >= 15 is 0 Å². The van der Waals surface area contributed by atoms with Crippen molar-refractivity contribution in [3.63, 3.8) is 0 Å². The van der Waals surface area contributed by atoms with Gasteiger partial charge in [0.2, 0.25) is 0 Å². The third kappa shape index (κ3) is 4.64. The van der Waals surface area contributed by atoms with E-state index in [0.29, 0.717) is 5.92 Å². The van der Waals surface area contributed by atoms with Gasteiger partial charge in [0, 0.05) is 0 Å². The lowest BCUT2D eigenvalue weighted by atomic mass is 9.75. The van der Waals surface area contributed by atoms with Crippen molar-refractivity contribution >= 4 is 0 Å². The number of nitrogens with two attached hydrogens (primary N) is 1. The third-order valence-electron chi connectivity index (χ3n) is 5.86. The summed E-state index contributed by atoms with van der Waals surface area (Å²) < 4.78 is 0. The number of fused-ring (bicyclic) bond motifs is 3. The highest BCUT2D eigenvalue weighted by molar-refractivity contribution is 5.82. The molecule has 30 heavy (non-hydrogen) atoms. The predicted molar refractivity (Wildman–Crippen MR) is 126 cm³/mol. The summed E-state index contributed by atoms with van der Waals surface area (Å²) in [6.45, 7) is 5.23. The highest BCUT2D eigenvalue weighted by atomic mass is 14.5. The second-order valence-electron chi connectivity index (χ2n) is 8.42. The van der Waals surface area contributed by atoms with Crippen LogP contribution in [0.2, 0.25) is 0 Å². The molecule has 1 aliphatic rings. The summed E-state index contributed by atoms with van der Waals surface area (Å²) in [4.78, 5) is 0. The van der Waals surface area contributed by atoms with Crippen molar-refractivity contribution in [1.29, 1.82) is 5.26 Å². The van der Waals surface area contributed by atoms with Crippen molar-refractivity contribution in [2.24, 2.45) is 11.7 Å². The number of nitriles is 1. The van der Waals surface area contributed by atoms with Gasteiger partial charge in [0.1, 0.15) is 5.41 Å². The molecule has 0 unspecified atom stereocenters. The second kappa shape index (κ2) is 10.2. The molecule has 0 bridgehead atoms. The lowest BCUT2D eigenvalue weighted by molar-refractivity contribution is 0.488. The van der Waals surface area contributed by atoms with Crippen molar-refractivity contribution in [1.82, 2.24) is 0 Å². The molecule has 0 saturated heterocycles. The molecule has 0 aromatic heterocycles. The molecule has 2 nitrogen and oxygen atoms in total. The van der Waals surface area contributed by atoms with Gasteiger partial charge in [0.15, 0.2) is 0 Å². The number of rotatable bonds is 6. The summed E-state index contributed by atoms with van der Waals surface area (Å²) >= 11 is 0. The van der Waals surface area contributed by atoms with Crippen LogP contribution in [0.5, 0.6) is 0 Å². The van der Waals surface area contributed by atoms with E-state index in [1.165, 1.54) is 34.2 Å². The Labute approximate surface area is 181 Å². The maximum absolute atomic E-state index is 10.0.